The molecular formula is C14H30N2O2. The molecule has 0 saturated carbocycles. The van der Waals surface area contributed by atoms with Crippen LogP contribution in [0.1, 0.15) is 38.5 Å². The molecule has 0 bridgehead atoms. The van der Waals surface area contributed by atoms with Crippen molar-refractivity contribution in [3.8, 4) is 0 Å². The van der Waals surface area contributed by atoms with Crippen LogP contribution in [0.5, 0.6) is 0 Å². The summed E-state index contributed by atoms with van der Waals surface area (Å²) in [7, 11) is 1.74. The Morgan fingerprint density at radius 1 is 1.06 bits per heavy atom. The van der Waals surface area contributed by atoms with Gasteiger partial charge >= 0.3 is 0 Å². The molecule has 1 saturated heterocycles. The van der Waals surface area contributed by atoms with Crippen LogP contribution in [0.25, 0.3) is 0 Å². The normalized spacial score (nSPS) is 20.2. The first-order chi connectivity index (χ1) is 8.93. The van der Waals surface area contributed by atoms with Crippen LogP contribution in [0.15, 0.2) is 0 Å². The van der Waals surface area contributed by atoms with E-state index in [1.165, 1.54) is 38.5 Å². The fraction of sp³-hybridized carbons (Fsp3) is 1.00. The summed E-state index contributed by atoms with van der Waals surface area (Å²) >= 11 is 0. The molecule has 0 amide bonds. The minimum Gasteiger partial charge on any atom is -0.383 e. The first-order valence-electron chi connectivity index (χ1n) is 7.45. The van der Waals surface area contributed by atoms with E-state index in [2.05, 4.69) is 10.6 Å². The first-order valence-corrected chi connectivity index (χ1v) is 7.45. The molecule has 108 valence electrons. The molecule has 0 aliphatic carbocycles. The summed E-state index contributed by atoms with van der Waals surface area (Å²) in [6.07, 6.45) is 8.06. The maximum absolute atomic E-state index is 5.71. The number of methoxy groups -OCH3 is 1. The van der Waals surface area contributed by atoms with Crippen LogP contribution in [-0.2, 0) is 9.47 Å². The lowest BCUT2D eigenvalue weighted by Crippen LogP contribution is -2.26. The number of hydrogen-bond donors (Lipinski definition) is 2. The van der Waals surface area contributed by atoms with E-state index in [0.717, 1.165) is 39.4 Å². The number of ether oxygens (including phenoxy) is 2. The van der Waals surface area contributed by atoms with Crippen LogP contribution in [-0.4, -0.2) is 52.6 Å². The molecule has 0 aromatic carbocycles. The van der Waals surface area contributed by atoms with Gasteiger partial charge < -0.3 is 20.1 Å². The minimum absolute atomic E-state index is 0.538. The lowest BCUT2D eigenvalue weighted by Gasteiger charge is -2.22. The maximum Gasteiger partial charge on any atom is 0.0587 e. The highest BCUT2D eigenvalue weighted by Gasteiger charge is 2.12. The maximum atomic E-state index is 5.71. The molecule has 1 atom stereocenters. The Balaban J connectivity index is 1.73. The van der Waals surface area contributed by atoms with Gasteiger partial charge in [0.25, 0.3) is 0 Å². The third-order valence-electron chi connectivity index (χ3n) is 3.34. The Morgan fingerprint density at radius 2 is 1.83 bits per heavy atom. The molecule has 0 spiro atoms. The standard InChI is InChI=1S/C14H30N2O2/c1-17-13-11-16-10-5-9-15-8-4-7-14-6-2-3-12-18-14/h14-16H,2-13H2,1H3. The van der Waals surface area contributed by atoms with Crippen molar-refractivity contribution in [2.24, 2.45) is 0 Å². The molecule has 0 radical (unpaired) electrons. The van der Waals surface area contributed by atoms with Crippen molar-refractivity contribution in [1.82, 2.24) is 10.6 Å². The molecule has 1 rings (SSSR count). The van der Waals surface area contributed by atoms with E-state index in [0.29, 0.717) is 6.10 Å². The molecule has 4 heteroatoms. The zero-order valence-corrected chi connectivity index (χ0v) is 11.9. The van der Waals surface area contributed by atoms with Crippen LogP contribution < -0.4 is 10.6 Å². The molecule has 0 aromatic heterocycles. The van der Waals surface area contributed by atoms with Gasteiger partial charge in [-0.3, -0.25) is 0 Å². The van der Waals surface area contributed by atoms with Crippen molar-refractivity contribution >= 4 is 0 Å². The molecule has 18 heavy (non-hydrogen) atoms. The summed E-state index contributed by atoms with van der Waals surface area (Å²) < 4.78 is 10.7. The zero-order chi connectivity index (χ0) is 12.9. The summed E-state index contributed by atoms with van der Waals surface area (Å²) in [5.41, 5.74) is 0. The fourth-order valence-electron chi connectivity index (χ4n) is 2.25. The highest BCUT2D eigenvalue weighted by Crippen LogP contribution is 2.16. The average Bonchev–Trinajstić information content (AvgIpc) is 2.42. The molecule has 0 aromatic rings. The molecule has 1 aliphatic rings. The highest BCUT2D eigenvalue weighted by atomic mass is 16.5. The second-order valence-corrected chi connectivity index (χ2v) is 4.98. The summed E-state index contributed by atoms with van der Waals surface area (Å²) in [6.45, 7) is 6.03. The largest absolute Gasteiger partial charge is 0.383 e. The fourth-order valence-corrected chi connectivity index (χ4v) is 2.25. The van der Waals surface area contributed by atoms with Gasteiger partial charge in [0.05, 0.1) is 12.7 Å². The van der Waals surface area contributed by atoms with E-state index in [1.54, 1.807) is 7.11 Å². The lowest BCUT2D eigenvalue weighted by molar-refractivity contribution is 0.0102. The van der Waals surface area contributed by atoms with Crippen LogP contribution in [0.3, 0.4) is 0 Å². The molecule has 4 nitrogen and oxygen atoms in total. The summed E-state index contributed by atoms with van der Waals surface area (Å²) in [5.74, 6) is 0. The number of hydrogen-bond acceptors (Lipinski definition) is 4. The summed E-state index contributed by atoms with van der Waals surface area (Å²) in [6, 6.07) is 0. The molecule has 2 N–H and O–H groups in total. The smallest absolute Gasteiger partial charge is 0.0587 e. The quantitative estimate of drug-likeness (QED) is 0.552. The van der Waals surface area contributed by atoms with Gasteiger partial charge in [0.1, 0.15) is 0 Å². The SMILES string of the molecule is COCCNCCCNCCCC1CCCCO1. The Hall–Kier alpha value is -0.160. The van der Waals surface area contributed by atoms with Crippen LogP contribution in [0.2, 0.25) is 0 Å². The van der Waals surface area contributed by atoms with Gasteiger partial charge in [0.15, 0.2) is 0 Å². The summed E-state index contributed by atoms with van der Waals surface area (Å²) in [4.78, 5) is 0. The predicted molar refractivity (Wildman–Crippen MR) is 75.1 cm³/mol. The van der Waals surface area contributed by atoms with Gasteiger partial charge in [0.2, 0.25) is 0 Å². The summed E-state index contributed by atoms with van der Waals surface area (Å²) in [5, 5.41) is 6.83. The van der Waals surface area contributed by atoms with E-state index in [1.807, 2.05) is 0 Å². The highest BCUT2D eigenvalue weighted by molar-refractivity contribution is 4.64. The molecular weight excluding hydrogens is 228 g/mol. The Kier molecular flexibility index (Phi) is 10.5. The van der Waals surface area contributed by atoms with Crippen molar-refractivity contribution in [1.29, 1.82) is 0 Å². The first kappa shape index (κ1) is 15.9. The van der Waals surface area contributed by atoms with Crippen molar-refractivity contribution in [2.75, 3.05) is 46.5 Å². The van der Waals surface area contributed by atoms with Crippen molar-refractivity contribution in [2.45, 2.75) is 44.6 Å². The lowest BCUT2D eigenvalue weighted by atomic mass is 10.0. The third-order valence-corrected chi connectivity index (χ3v) is 3.34. The zero-order valence-electron chi connectivity index (χ0n) is 11.9. The van der Waals surface area contributed by atoms with Gasteiger partial charge in [-0.2, -0.15) is 0 Å². The Morgan fingerprint density at radius 3 is 2.56 bits per heavy atom. The van der Waals surface area contributed by atoms with Crippen molar-refractivity contribution in [3.05, 3.63) is 0 Å². The molecule has 1 fully saturated rings. The Bertz CT molecular complexity index is 173. The second kappa shape index (κ2) is 11.9. The van der Waals surface area contributed by atoms with E-state index in [4.69, 9.17) is 9.47 Å². The van der Waals surface area contributed by atoms with Gasteiger partial charge in [-0.15, -0.1) is 0 Å². The monoisotopic (exact) mass is 258 g/mol. The van der Waals surface area contributed by atoms with E-state index >= 15 is 0 Å². The van der Waals surface area contributed by atoms with E-state index in [-0.39, 0.29) is 0 Å². The van der Waals surface area contributed by atoms with Gasteiger partial charge in [-0.25, -0.2) is 0 Å². The van der Waals surface area contributed by atoms with E-state index < -0.39 is 0 Å². The van der Waals surface area contributed by atoms with Gasteiger partial charge in [0, 0.05) is 20.3 Å². The Labute approximate surface area is 112 Å². The van der Waals surface area contributed by atoms with Crippen LogP contribution >= 0.6 is 0 Å². The average molecular weight is 258 g/mol. The minimum atomic E-state index is 0.538. The van der Waals surface area contributed by atoms with Crippen molar-refractivity contribution in [3.63, 3.8) is 0 Å². The second-order valence-electron chi connectivity index (χ2n) is 4.98. The molecule has 1 aliphatic heterocycles. The topological polar surface area (TPSA) is 42.5 Å². The molecule has 1 heterocycles. The molecule has 1 unspecified atom stereocenters. The van der Waals surface area contributed by atoms with E-state index in [9.17, 15) is 0 Å². The van der Waals surface area contributed by atoms with Crippen molar-refractivity contribution < 1.29 is 9.47 Å². The van der Waals surface area contributed by atoms with Gasteiger partial charge in [-0.1, -0.05) is 0 Å². The van der Waals surface area contributed by atoms with Crippen LogP contribution in [0.4, 0.5) is 0 Å². The predicted octanol–water partition coefficient (Wildman–Crippen LogP) is 1.55. The van der Waals surface area contributed by atoms with Gasteiger partial charge in [-0.05, 0) is 58.2 Å². The number of nitrogens with one attached hydrogen (secondary N) is 2. The van der Waals surface area contributed by atoms with Crippen LogP contribution in [0, 0.1) is 0 Å². The number of rotatable bonds is 11. The third kappa shape index (κ3) is 8.86.